The van der Waals surface area contributed by atoms with Gasteiger partial charge in [0.1, 0.15) is 0 Å². The zero-order valence-electron chi connectivity index (χ0n) is 7.49. The third-order valence-electron chi connectivity index (χ3n) is 2.15. The number of carbonyl (C=O) groups is 1. The highest BCUT2D eigenvalue weighted by Crippen LogP contribution is 2.17. The van der Waals surface area contributed by atoms with Crippen LogP contribution in [0.1, 0.15) is 19.3 Å². The molecule has 0 bridgehead atoms. The molecule has 0 radical (unpaired) electrons. The summed E-state index contributed by atoms with van der Waals surface area (Å²) in [5, 5.41) is 22.6. The fraction of sp³-hybridized carbons (Fsp3) is 0.875. The number of rotatable bonds is 4. The molecule has 5 nitrogen and oxygen atoms in total. The van der Waals surface area contributed by atoms with E-state index in [0.717, 1.165) is 12.8 Å². The standard InChI is InChI=1S/C8H16N2O3/c11-5-7(12)4-9-8(13)10-6-2-1-3-6/h6-7,11-12H,1-5H2,(H2,9,10,13). The molecule has 4 N–H and O–H groups in total. The molecular formula is C8H16N2O3. The van der Waals surface area contributed by atoms with Crippen LogP contribution in [0.5, 0.6) is 0 Å². The number of nitrogens with one attached hydrogen (secondary N) is 2. The summed E-state index contributed by atoms with van der Waals surface area (Å²) in [7, 11) is 0. The molecule has 1 aliphatic carbocycles. The smallest absolute Gasteiger partial charge is 0.315 e. The minimum atomic E-state index is -0.868. The molecule has 0 aromatic rings. The van der Waals surface area contributed by atoms with Crippen molar-refractivity contribution in [3.8, 4) is 0 Å². The van der Waals surface area contributed by atoms with Gasteiger partial charge in [-0.15, -0.1) is 0 Å². The first kappa shape index (κ1) is 10.3. The van der Waals surface area contributed by atoms with Gasteiger partial charge in [0.25, 0.3) is 0 Å². The first-order chi connectivity index (χ1) is 6.22. The molecule has 76 valence electrons. The van der Waals surface area contributed by atoms with Gasteiger partial charge in [-0.3, -0.25) is 0 Å². The van der Waals surface area contributed by atoms with Crippen molar-refractivity contribution in [2.24, 2.45) is 0 Å². The maximum atomic E-state index is 11.1. The SMILES string of the molecule is O=C(NCC(O)CO)NC1CCC1. The van der Waals surface area contributed by atoms with Gasteiger partial charge in [0.15, 0.2) is 0 Å². The van der Waals surface area contributed by atoms with E-state index in [4.69, 9.17) is 10.2 Å². The molecule has 0 aromatic heterocycles. The van der Waals surface area contributed by atoms with Crippen LogP contribution in [0.3, 0.4) is 0 Å². The molecule has 2 amide bonds. The quantitative estimate of drug-likeness (QED) is 0.466. The van der Waals surface area contributed by atoms with E-state index >= 15 is 0 Å². The lowest BCUT2D eigenvalue weighted by Gasteiger charge is -2.26. The molecule has 0 aliphatic heterocycles. The van der Waals surface area contributed by atoms with E-state index in [-0.39, 0.29) is 19.2 Å². The Morgan fingerprint density at radius 2 is 2.23 bits per heavy atom. The van der Waals surface area contributed by atoms with Gasteiger partial charge in [-0.25, -0.2) is 4.79 Å². The summed E-state index contributed by atoms with van der Waals surface area (Å²) in [6.45, 7) is -0.237. The third kappa shape index (κ3) is 3.61. The van der Waals surface area contributed by atoms with E-state index < -0.39 is 6.10 Å². The second-order valence-corrected chi connectivity index (χ2v) is 3.32. The van der Waals surface area contributed by atoms with Crippen LogP contribution in [-0.4, -0.2) is 41.5 Å². The lowest BCUT2D eigenvalue weighted by Crippen LogP contribution is -2.47. The van der Waals surface area contributed by atoms with Gasteiger partial charge in [-0.1, -0.05) is 0 Å². The van der Waals surface area contributed by atoms with Crippen molar-refractivity contribution in [2.75, 3.05) is 13.2 Å². The van der Waals surface area contributed by atoms with Crippen LogP contribution >= 0.6 is 0 Å². The predicted octanol–water partition coefficient (Wildman–Crippen LogP) is -0.809. The van der Waals surface area contributed by atoms with E-state index in [9.17, 15) is 4.79 Å². The molecule has 5 heteroatoms. The van der Waals surface area contributed by atoms with Crippen molar-refractivity contribution in [1.82, 2.24) is 10.6 Å². The van der Waals surface area contributed by atoms with Gasteiger partial charge >= 0.3 is 6.03 Å². The Kier molecular flexibility index (Phi) is 3.98. The zero-order chi connectivity index (χ0) is 9.68. The lowest BCUT2D eigenvalue weighted by atomic mass is 9.93. The Balaban J connectivity index is 2.03. The molecule has 1 atom stereocenters. The van der Waals surface area contributed by atoms with Crippen LogP contribution in [0.15, 0.2) is 0 Å². The first-order valence-corrected chi connectivity index (χ1v) is 4.55. The average molecular weight is 188 g/mol. The maximum Gasteiger partial charge on any atom is 0.315 e. The van der Waals surface area contributed by atoms with Crippen molar-refractivity contribution >= 4 is 6.03 Å². The van der Waals surface area contributed by atoms with Crippen molar-refractivity contribution in [1.29, 1.82) is 0 Å². The highest BCUT2D eigenvalue weighted by atomic mass is 16.3. The van der Waals surface area contributed by atoms with Gasteiger partial charge < -0.3 is 20.8 Å². The first-order valence-electron chi connectivity index (χ1n) is 4.55. The van der Waals surface area contributed by atoms with Gasteiger partial charge in [0.2, 0.25) is 0 Å². The molecule has 1 aliphatic rings. The number of hydrogen-bond donors (Lipinski definition) is 4. The summed E-state index contributed by atoms with van der Waals surface area (Å²) < 4.78 is 0. The fourth-order valence-corrected chi connectivity index (χ4v) is 1.06. The van der Waals surface area contributed by atoms with Crippen molar-refractivity contribution in [3.05, 3.63) is 0 Å². The Bertz CT molecular complexity index is 171. The lowest BCUT2D eigenvalue weighted by molar-refractivity contribution is 0.0956. The molecule has 1 saturated carbocycles. The van der Waals surface area contributed by atoms with E-state index in [1.807, 2.05) is 0 Å². The summed E-state index contributed by atoms with van der Waals surface area (Å²) in [6, 6.07) is 0.0310. The van der Waals surface area contributed by atoms with Gasteiger partial charge in [0.05, 0.1) is 12.7 Å². The Labute approximate surface area is 77.1 Å². The van der Waals surface area contributed by atoms with Crippen molar-refractivity contribution in [2.45, 2.75) is 31.4 Å². The molecule has 1 unspecified atom stereocenters. The Hall–Kier alpha value is -0.810. The van der Waals surface area contributed by atoms with Crippen LogP contribution in [-0.2, 0) is 0 Å². The minimum absolute atomic E-state index is 0.0923. The van der Waals surface area contributed by atoms with Crippen LogP contribution in [0, 0.1) is 0 Å². The van der Waals surface area contributed by atoms with Crippen molar-refractivity contribution in [3.63, 3.8) is 0 Å². The molecule has 0 aromatic carbocycles. The molecule has 1 rings (SSSR count). The van der Waals surface area contributed by atoms with Crippen LogP contribution in [0.25, 0.3) is 0 Å². The van der Waals surface area contributed by atoms with E-state index in [0.29, 0.717) is 6.04 Å². The monoisotopic (exact) mass is 188 g/mol. The van der Waals surface area contributed by atoms with Crippen LogP contribution in [0.4, 0.5) is 4.79 Å². The summed E-state index contributed by atoms with van der Waals surface area (Å²) >= 11 is 0. The zero-order valence-corrected chi connectivity index (χ0v) is 7.49. The van der Waals surface area contributed by atoms with Crippen LogP contribution in [0.2, 0.25) is 0 Å². The molecule has 0 saturated heterocycles. The number of aliphatic hydroxyl groups excluding tert-OH is 2. The Morgan fingerprint density at radius 1 is 1.54 bits per heavy atom. The summed E-state index contributed by atoms with van der Waals surface area (Å²) in [6.07, 6.45) is 2.38. The van der Waals surface area contributed by atoms with Gasteiger partial charge in [-0.05, 0) is 19.3 Å². The number of urea groups is 1. The average Bonchev–Trinajstić information content (AvgIpc) is 2.07. The maximum absolute atomic E-state index is 11.1. The molecular weight excluding hydrogens is 172 g/mol. The molecule has 1 fully saturated rings. The van der Waals surface area contributed by atoms with E-state index in [2.05, 4.69) is 10.6 Å². The second kappa shape index (κ2) is 5.04. The van der Waals surface area contributed by atoms with E-state index in [1.165, 1.54) is 6.42 Å². The number of hydrogen-bond acceptors (Lipinski definition) is 3. The van der Waals surface area contributed by atoms with Gasteiger partial charge in [-0.2, -0.15) is 0 Å². The summed E-state index contributed by atoms with van der Waals surface area (Å²) in [5.41, 5.74) is 0. The normalized spacial score (nSPS) is 18.9. The third-order valence-corrected chi connectivity index (χ3v) is 2.15. The summed E-state index contributed by atoms with van der Waals surface area (Å²) in [5.74, 6) is 0. The van der Waals surface area contributed by atoms with E-state index in [1.54, 1.807) is 0 Å². The molecule has 0 heterocycles. The fourth-order valence-electron chi connectivity index (χ4n) is 1.06. The Morgan fingerprint density at radius 3 is 2.69 bits per heavy atom. The van der Waals surface area contributed by atoms with Crippen molar-refractivity contribution < 1.29 is 15.0 Å². The minimum Gasteiger partial charge on any atom is -0.394 e. The summed E-state index contributed by atoms with van der Waals surface area (Å²) in [4.78, 5) is 11.1. The number of amides is 2. The highest BCUT2D eigenvalue weighted by molar-refractivity contribution is 5.74. The second-order valence-electron chi connectivity index (χ2n) is 3.32. The van der Waals surface area contributed by atoms with Gasteiger partial charge in [0, 0.05) is 12.6 Å². The molecule has 0 spiro atoms. The largest absolute Gasteiger partial charge is 0.394 e. The predicted molar refractivity (Wildman–Crippen MR) is 47.3 cm³/mol. The number of aliphatic hydroxyl groups is 2. The number of carbonyl (C=O) groups excluding carboxylic acids is 1. The highest BCUT2D eigenvalue weighted by Gasteiger charge is 2.19. The molecule has 13 heavy (non-hydrogen) atoms. The van der Waals surface area contributed by atoms with Crippen LogP contribution < -0.4 is 10.6 Å². The topological polar surface area (TPSA) is 81.6 Å².